The van der Waals surface area contributed by atoms with Crippen molar-refractivity contribution in [2.45, 2.75) is 24.9 Å². The maximum Gasteiger partial charge on any atom is 0.128 e. The Morgan fingerprint density at radius 2 is 1.96 bits per heavy atom. The Morgan fingerprint density at radius 3 is 2.76 bits per heavy atom. The molecule has 2 heterocycles. The standard InChI is InChI=1S/C20H23ClN4/c1-25-11-9-20(10-12-25)19(22-14-15-5-4-6-16(21)13-15)23-17-7-2-3-8-18(17)24-20/h2-8,13,24H,9-12,14H2,1H3,(H,22,23). The molecule has 4 rings (SSSR count). The van der Waals surface area contributed by atoms with Gasteiger partial charge in [-0.15, -0.1) is 0 Å². The number of anilines is 1. The van der Waals surface area contributed by atoms with Crippen LogP contribution in [-0.4, -0.2) is 36.4 Å². The number of nitrogens with one attached hydrogen (secondary N) is 2. The summed E-state index contributed by atoms with van der Waals surface area (Å²) in [5, 5.41) is 8.14. The van der Waals surface area contributed by atoms with Crippen LogP contribution in [0.4, 0.5) is 11.4 Å². The third-order valence-electron chi connectivity index (χ3n) is 5.15. The normalized spacial score (nSPS) is 19.0. The third-order valence-corrected chi connectivity index (χ3v) is 5.39. The summed E-state index contributed by atoms with van der Waals surface area (Å²) in [4.78, 5) is 7.35. The molecule has 2 aliphatic heterocycles. The maximum absolute atomic E-state index is 6.12. The van der Waals surface area contributed by atoms with Crippen molar-refractivity contribution in [2.75, 3.05) is 25.5 Å². The zero-order chi connectivity index (χ0) is 17.3. The molecule has 4 nitrogen and oxygen atoms in total. The number of benzene rings is 2. The molecular formula is C20H23ClN4. The van der Waals surface area contributed by atoms with E-state index in [-0.39, 0.29) is 5.54 Å². The van der Waals surface area contributed by atoms with Crippen molar-refractivity contribution >= 4 is 28.8 Å². The first-order valence-electron chi connectivity index (χ1n) is 8.78. The summed E-state index contributed by atoms with van der Waals surface area (Å²) in [5.41, 5.74) is 3.18. The van der Waals surface area contributed by atoms with Crippen molar-refractivity contribution < 1.29 is 0 Å². The second-order valence-electron chi connectivity index (χ2n) is 6.97. The van der Waals surface area contributed by atoms with E-state index in [1.165, 1.54) is 0 Å². The number of likely N-dealkylation sites (tertiary alicyclic amines) is 1. The monoisotopic (exact) mass is 354 g/mol. The van der Waals surface area contributed by atoms with E-state index in [9.17, 15) is 0 Å². The van der Waals surface area contributed by atoms with Crippen LogP contribution in [0, 0.1) is 0 Å². The molecule has 1 spiro atoms. The summed E-state index contributed by atoms with van der Waals surface area (Å²) < 4.78 is 0. The lowest BCUT2D eigenvalue weighted by Gasteiger charge is -2.45. The van der Waals surface area contributed by atoms with Crippen LogP contribution >= 0.6 is 11.6 Å². The fourth-order valence-corrected chi connectivity index (χ4v) is 3.84. The Labute approximate surface area is 153 Å². The molecule has 1 fully saturated rings. The van der Waals surface area contributed by atoms with E-state index in [0.717, 1.165) is 60.3 Å². The van der Waals surface area contributed by atoms with Crippen LogP contribution in [0.5, 0.6) is 0 Å². The van der Waals surface area contributed by atoms with Gasteiger partial charge in [0.25, 0.3) is 0 Å². The number of piperidine rings is 1. The quantitative estimate of drug-likeness (QED) is 0.854. The lowest BCUT2D eigenvalue weighted by atomic mass is 9.84. The van der Waals surface area contributed by atoms with Crippen LogP contribution in [0.15, 0.2) is 53.5 Å². The van der Waals surface area contributed by atoms with Gasteiger partial charge in [0, 0.05) is 24.7 Å². The van der Waals surface area contributed by atoms with Crippen molar-refractivity contribution in [1.82, 2.24) is 10.2 Å². The number of fused-ring (bicyclic) bond motifs is 1. The van der Waals surface area contributed by atoms with E-state index < -0.39 is 0 Å². The highest BCUT2D eigenvalue weighted by molar-refractivity contribution is 6.30. The number of rotatable bonds is 2. The minimum Gasteiger partial charge on any atom is -0.371 e. The van der Waals surface area contributed by atoms with E-state index in [4.69, 9.17) is 16.6 Å². The summed E-state index contributed by atoms with van der Waals surface area (Å²) in [6.45, 7) is 2.85. The second kappa shape index (κ2) is 6.70. The Balaban J connectivity index is 1.62. The number of nitrogens with zero attached hydrogens (tertiary/aromatic N) is 2. The number of aliphatic imine (C=N–C) groups is 1. The molecular weight excluding hydrogens is 332 g/mol. The molecule has 25 heavy (non-hydrogen) atoms. The summed E-state index contributed by atoms with van der Waals surface area (Å²) in [6, 6.07) is 16.3. The molecule has 0 radical (unpaired) electrons. The van der Waals surface area contributed by atoms with Crippen LogP contribution in [0.2, 0.25) is 5.02 Å². The molecule has 5 heteroatoms. The number of hydrogen-bond acceptors (Lipinski definition) is 4. The van der Waals surface area contributed by atoms with Crippen molar-refractivity contribution in [3.8, 4) is 0 Å². The van der Waals surface area contributed by atoms with Gasteiger partial charge in [-0.2, -0.15) is 0 Å². The molecule has 2 aromatic rings. The molecule has 2 N–H and O–H groups in total. The van der Waals surface area contributed by atoms with Gasteiger partial charge in [0.2, 0.25) is 0 Å². The summed E-state index contributed by atoms with van der Waals surface area (Å²) in [7, 11) is 2.18. The highest BCUT2D eigenvalue weighted by Crippen LogP contribution is 2.37. The van der Waals surface area contributed by atoms with Gasteiger partial charge in [0.05, 0.1) is 16.9 Å². The van der Waals surface area contributed by atoms with Crippen molar-refractivity contribution in [1.29, 1.82) is 0 Å². The Hall–Kier alpha value is -2.04. The van der Waals surface area contributed by atoms with E-state index in [2.05, 4.69) is 46.8 Å². The molecule has 1 saturated heterocycles. The van der Waals surface area contributed by atoms with Gasteiger partial charge in [0.1, 0.15) is 5.84 Å². The van der Waals surface area contributed by atoms with Crippen molar-refractivity contribution in [2.24, 2.45) is 4.99 Å². The summed E-state index contributed by atoms with van der Waals surface area (Å²) in [6.07, 6.45) is 2.08. The van der Waals surface area contributed by atoms with Gasteiger partial charge in [-0.05, 0) is 49.7 Å². The van der Waals surface area contributed by atoms with E-state index >= 15 is 0 Å². The number of para-hydroxylation sites is 2. The number of halogens is 1. The molecule has 0 saturated carbocycles. The molecule has 0 bridgehead atoms. The van der Waals surface area contributed by atoms with E-state index in [1.54, 1.807) is 0 Å². The van der Waals surface area contributed by atoms with Crippen LogP contribution < -0.4 is 10.6 Å². The molecule has 0 amide bonds. The molecule has 0 unspecified atom stereocenters. The SMILES string of the molecule is CN1CCC2(CC1)Nc1ccccc1N=C2NCc1cccc(Cl)c1. The number of amidine groups is 1. The Kier molecular flexibility index (Phi) is 4.40. The van der Waals surface area contributed by atoms with Crippen molar-refractivity contribution in [3.63, 3.8) is 0 Å². The lowest BCUT2D eigenvalue weighted by molar-refractivity contribution is 0.238. The van der Waals surface area contributed by atoms with Crippen LogP contribution in [-0.2, 0) is 6.54 Å². The maximum atomic E-state index is 6.12. The molecule has 2 aromatic carbocycles. The van der Waals surface area contributed by atoms with Gasteiger partial charge < -0.3 is 15.5 Å². The number of hydrogen-bond donors (Lipinski definition) is 2. The lowest BCUT2D eigenvalue weighted by Crippen LogP contribution is -2.58. The van der Waals surface area contributed by atoms with Crippen molar-refractivity contribution in [3.05, 3.63) is 59.1 Å². The molecule has 0 atom stereocenters. The van der Waals surface area contributed by atoms with Gasteiger partial charge in [-0.25, -0.2) is 4.99 Å². The largest absolute Gasteiger partial charge is 0.371 e. The van der Waals surface area contributed by atoms with Crippen LogP contribution in [0.25, 0.3) is 0 Å². The molecule has 130 valence electrons. The highest BCUT2D eigenvalue weighted by Gasteiger charge is 2.41. The highest BCUT2D eigenvalue weighted by atomic mass is 35.5. The third kappa shape index (κ3) is 3.37. The average molecular weight is 355 g/mol. The molecule has 2 aliphatic rings. The predicted molar refractivity (Wildman–Crippen MR) is 105 cm³/mol. The fourth-order valence-electron chi connectivity index (χ4n) is 3.62. The summed E-state index contributed by atoms with van der Waals surface area (Å²) >= 11 is 6.12. The van der Waals surface area contributed by atoms with Crippen LogP contribution in [0.1, 0.15) is 18.4 Å². The summed E-state index contributed by atoms with van der Waals surface area (Å²) in [5.74, 6) is 1.04. The Morgan fingerprint density at radius 1 is 1.16 bits per heavy atom. The van der Waals surface area contributed by atoms with Gasteiger partial charge >= 0.3 is 0 Å². The van der Waals surface area contributed by atoms with Gasteiger partial charge in [-0.3, -0.25) is 0 Å². The van der Waals surface area contributed by atoms with Gasteiger partial charge in [0.15, 0.2) is 0 Å². The smallest absolute Gasteiger partial charge is 0.128 e. The fraction of sp³-hybridized carbons (Fsp3) is 0.350. The topological polar surface area (TPSA) is 39.7 Å². The Bertz CT molecular complexity index is 794. The van der Waals surface area contributed by atoms with Crippen LogP contribution in [0.3, 0.4) is 0 Å². The minimum absolute atomic E-state index is 0.112. The van der Waals surface area contributed by atoms with Gasteiger partial charge in [-0.1, -0.05) is 35.9 Å². The zero-order valence-electron chi connectivity index (χ0n) is 14.4. The zero-order valence-corrected chi connectivity index (χ0v) is 15.2. The van der Waals surface area contributed by atoms with E-state index in [1.807, 2.05) is 24.3 Å². The first-order valence-corrected chi connectivity index (χ1v) is 9.16. The predicted octanol–water partition coefficient (Wildman–Crippen LogP) is 4.05. The second-order valence-corrected chi connectivity index (χ2v) is 7.41. The average Bonchev–Trinajstić information content (AvgIpc) is 2.62. The first-order chi connectivity index (χ1) is 12.1. The van der Waals surface area contributed by atoms with E-state index in [0.29, 0.717) is 0 Å². The first kappa shape index (κ1) is 16.4. The minimum atomic E-state index is -0.112. The molecule has 0 aromatic heterocycles. The molecule has 0 aliphatic carbocycles.